The highest BCUT2D eigenvalue weighted by Gasteiger charge is 1.95. The molecule has 0 aliphatic carbocycles. The zero-order chi connectivity index (χ0) is 9.52. The number of aryl methyl sites for hydroxylation is 1. The van der Waals surface area contributed by atoms with Gasteiger partial charge < -0.3 is 0 Å². The van der Waals surface area contributed by atoms with Crippen LogP contribution in [-0.4, -0.2) is 12.0 Å². The Morgan fingerprint density at radius 2 is 2.31 bits per heavy atom. The molecule has 1 nitrogen and oxygen atoms in total. The summed E-state index contributed by atoms with van der Waals surface area (Å²) in [4.78, 5) is 11.3. The molecule has 0 fully saturated rings. The number of benzene rings is 1. The summed E-state index contributed by atoms with van der Waals surface area (Å²) in [5.41, 5.74) is 1.22. The molecule has 1 aromatic rings. The fraction of sp³-hybridized carbons (Fsp3) is 0.364. The molecular weight excluding hydrogens is 180 g/mol. The van der Waals surface area contributed by atoms with E-state index < -0.39 is 0 Å². The summed E-state index contributed by atoms with van der Waals surface area (Å²) < 4.78 is 0. The number of carbonyl (C=O) groups excluding carboxylic acids is 1. The lowest BCUT2D eigenvalue weighted by Gasteiger charge is -2.01. The monoisotopic (exact) mass is 193 g/mol. The molecule has 0 atom stereocenters. The smallest absolute Gasteiger partial charge is 0.198 e. The van der Waals surface area contributed by atoms with Crippen molar-refractivity contribution in [1.29, 1.82) is 0 Å². The van der Waals surface area contributed by atoms with E-state index in [0.29, 0.717) is 6.42 Å². The molecule has 1 radical (unpaired) electrons. The first kappa shape index (κ1) is 10.3. The van der Waals surface area contributed by atoms with E-state index in [1.54, 1.807) is 0 Å². The van der Waals surface area contributed by atoms with Crippen LogP contribution in [0.2, 0.25) is 0 Å². The lowest BCUT2D eigenvalue weighted by Crippen LogP contribution is -1.86. The third-order valence-electron chi connectivity index (χ3n) is 1.73. The molecule has 0 saturated heterocycles. The average Bonchev–Trinajstić information content (AvgIpc) is 2.16. The standard InChI is InChI=1S/C11H13OS/c1-2-13-11-7-3-5-10(9-11)6-4-8-12/h3,5,7,9H,2,4,6H2,1H3. The summed E-state index contributed by atoms with van der Waals surface area (Å²) in [6, 6.07) is 8.34. The van der Waals surface area contributed by atoms with E-state index in [9.17, 15) is 4.79 Å². The first-order valence-electron chi connectivity index (χ1n) is 4.43. The molecule has 0 heterocycles. The van der Waals surface area contributed by atoms with E-state index in [1.807, 2.05) is 24.1 Å². The summed E-state index contributed by atoms with van der Waals surface area (Å²) in [7, 11) is 0. The van der Waals surface area contributed by atoms with Gasteiger partial charge in [-0.05, 0) is 29.9 Å². The van der Waals surface area contributed by atoms with Gasteiger partial charge in [-0.1, -0.05) is 19.1 Å². The second-order valence-electron chi connectivity index (χ2n) is 2.72. The number of thioether (sulfide) groups is 1. The molecule has 0 amide bonds. The predicted octanol–water partition coefficient (Wildman–Crippen LogP) is 2.84. The van der Waals surface area contributed by atoms with E-state index in [0.717, 1.165) is 12.2 Å². The van der Waals surface area contributed by atoms with E-state index in [4.69, 9.17) is 0 Å². The normalized spacial score (nSPS) is 9.92. The van der Waals surface area contributed by atoms with Crippen LogP contribution in [0.25, 0.3) is 0 Å². The van der Waals surface area contributed by atoms with Gasteiger partial charge in [0.25, 0.3) is 0 Å². The third-order valence-corrected chi connectivity index (χ3v) is 2.60. The van der Waals surface area contributed by atoms with Gasteiger partial charge in [-0.3, -0.25) is 4.79 Å². The van der Waals surface area contributed by atoms with Crippen molar-refractivity contribution >= 4 is 18.0 Å². The highest BCUT2D eigenvalue weighted by Crippen LogP contribution is 2.18. The molecule has 2 heteroatoms. The molecule has 1 rings (SSSR count). The molecule has 0 aromatic heterocycles. The van der Waals surface area contributed by atoms with Gasteiger partial charge in [0.15, 0.2) is 6.29 Å². The van der Waals surface area contributed by atoms with Crippen LogP contribution < -0.4 is 0 Å². The molecule has 1 aromatic carbocycles. The Morgan fingerprint density at radius 3 is 3.00 bits per heavy atom. The largest absolute Gasteiger partial charge is 0.291 e. The van der Waals surface area contributed by atoms with Crippen LogP contribution in [-0.2, 0) is 11.2 Å². The fourth-order valence-electron chi connectivity index (χ4n) is 1.15. The summed E-state index contributed by atoms with van der Waals surface area (Å²) >= 11 is 1.82. The molecular formula is C11H13OS. The summed E-state index contributed by atoms with van der Waals surface area (Å²) in [5.74, 6) is 1.09. The second-order valence-corrected chi connectivity index (χ2v) is 4.06. The molecule has 0 bridgehead atoms. The van der Waals surface area contributed by atoms with Crippen molar-refractivity contribution in [3.8, 4) is 0 Å². The predicted molar refractivity (Wildman–Crippen MR) is 56.9 cm³/mol. The Hall–Kier alpha value is -0.760. The molecule has 0 saturated carbocycles. The number of hydrogen-bond acceptors (Lipinski definition) is 2. The highest BCUT2D eigenvalue weighted by atomic mass is 32.2. The maximum Gasteiger partial charge on any atom is 0.198 e. The molecule has 0 unspecified atom stereocenters. The topological polar surface area (TPSA) is 17.1 Å². The molecule has 0 aliphatic heterocycles. The van der Waals surface area contributed by atoms with Gasteiger partial charge in [0, 0.05) is 11.3 Å². The maximum atomic E-state index is 10.1. The molecule has 69 valence electrons. The lowest BCUT2D eigenvalue weighted by atomic mass is 10.1. The quantitative estimate of drug-likeness (QED) is 0.669. The Morgan fingerprint density at radius 1 is 1.46 bits per heavy atom. The van der Waals surface area contributed by atoms with Crippen LogP contribution in [0.1, 0.15) is 18.9 Å². The maximum absolute atomic E-state index is 10.1. The Bertz CT molecular complexity index is 271. The van der Waals surface area contributed by atoms with Gasteiger partial charge in [0.1, 0.15) is 0 Å². The van der Waals surface area contributed by atoms with Crippen molar-refractivity contribution < 1.29 is 4.79 Å². The SMILES string of the molecule is CCSc1cccc(CC[C]=O)c1. The van der Waals surface area contributed by atoms with E-state index >= 15 is 0 Å². The van der Waals surface area contributed by atoms with E-state index in [2.05, 4.69) is 25.1 Å². The van der Waals surface area contributed by atoms with Gasteiger partial charge >= 0.3 is 0 Å². The van der Waals surface area contributed by atoms with Gasteiger partial charge in [-0.15, -0.1) is 11.8 Å². The van der Waals surface area contributed by atoms with Crippen LogP contribution in [0.5, 0.6) is 0 Å². The Kier molecular flexibility index (Phi) is 4.61. The van der Waals surface area contributed by atoms with Gasteiger partial charge in [0.05, 0.1) is 0 Å². The number of hydrogen-bond donors (Lipinski definition) is 0. The van der Waals surface area contributed by atoms with Crippen LogP contribution in [0, 0.1) is 0 Å². The zero-order valence-corrected chi connectivity index (χ0v) is 8.56. The van der Waals surface area contributed by atoms with Crippen molar-refractivity contribution in [3.63, 3.8) is 0 Å². The Labute approximate surface area is 83.5 Å². The molecule has 0 aliphatic rings. The lowest BCUT2D eigenvalue weighted by molar-refractivity contribution is 0.551. The van der Waals surface area contributed by atoms with Gasteiger partial charge in [-0.25, -0.2) is 0 Å². The molecule has 0 N–H and O–H groups in total. The van der Waals surface area contributed by atoms with Crippen molar-refractivity contribution in [2.75, 3.05) is 5.75 Å². The Balaban J connectivity index is 2.61. The minimum absolute atomic E-state index is 0.500. The van der Waals surface area contributed by atoms with Crippen molar-refractivity contribution in [2.45, 2.75) is 24.7 Å². The molecule has 0 spiro atoms. The third kappa shape index (κ3) is 3.64. The first-order chi connectivity index (χ1) is 6.36. The van der Waals surface area contributed by atoms with Crippen molar-refractivity contribution in [1.82, 2.24) is 0 Å². The zero-order valence-electron chi connectivity index (χ0n) is 7.75. The average molecular weight is 193 g/mol. The van der Waals surface area contributed by atoms with Crippen LogP contribution >= 0.6 is 11.8 Å². The summed E-state index contributed by atoms with van der Waals surface area (Å²) in [6.45, 7) is 2.14. The van der Waals surface area contributed by atoms with Crippen molar-refractivity contribution in [2.24, 2.45) is 0 Å². The minimum Gasteiger partial charge on any atom is -0.291 e. The van der Waals surface area contributed by atoms with Crippen LogP contribution in [0.4, 0.5) is 0 Å². The summed E-state index contributed by atoms with van der Waals surface area (Å²) in [6.07, 6.45) is 3.22. The van der Waals surface area contributed by atoms with Gasteiger partial charge in [-0.2, -0.15) is 0 Å². The summed E-state index contributed by atoms with van der Waals surface area (Å²) in [5, 5.41) is 0. The number of rotatable bonds is 5. The minimum atomic E-state index is 0.500. The van der Waals surface area contributed by atoms with E-state index in [1.165, 1.54) is 10.5 Å². The first-order valence-corrected chi connectivity index (χ1v) is 5.42. The second kappa shape index (κ2) is 5.81. The van der Waals surface area contributed by atoms with Gasteiger partial charge in [0.2, 0.25) is 0 Å². The van der Waals surface area contributed by atoms with E-state index in [-0.39, 0.29) is 0 Å². The van der Waals surface area contributed by atoms with Crippen LogP contribution in [0.15, 0.2) is 29.2 Å². The van der Waals surface area contributed by atoms with Crippen LogP contribution in [0.3, 0.4) is 0 Å². The van der Waals surface area contributed by atoms with Crippen molar-refractivity contribution in [3.05, 3.63) is 29.8 Å². The fourth-order valence-corrected chi connectivity index (χ4v) is 1.90. The molecule has 13 heavy (non-hydrogen) atoms. The highest BCUT2D eigenvalue weighted by molar-refractivity contribution is 7.99.